The van der Waals surface area contributed by atoms with Crippen LogP contribution in [0.5, 0.6) is 0 Å². The fraction of sp³-hybridized carbons (Fsp3) is 0.818. The largest absolute Gasteiger partial charge is 0.480 e. The SMILES string of the molecule is O=C(C[C@H]1O[C@H](CO)[C@H](O)[C@H](O)[C@H]1O)N[C@@H](CO)C(=O)O. The van der Waals surface area contributed by atoms with Gasteiger partial charge < -0.3 is 40.7 Å². The average molecular weight is 309 g/mol. The number of amides is 1. The highest BCUT2D eigenvalue weighted by atomic mass is 16.5. The number of hydrogen-bond acceptors (Lipinski definition) is 8. The fourth-order valence-electron chi connectivity index (χ4n) is 1.97. The van der Waals surface area contributed by atoms with Crippen LogP contribution in [0.25, 0.3) is 0 Å². The molecule has 0 aromatic carbocycles. The first-order chi connectivity index (χ1) is 9.81. The van der Waals surface area contributed by atoms with E-state index in [-0.39, 0.29) is 0 Å². The molecule has 7 N–H and O–H groups in total. The van der Waals surface area contributed by atoms with Gasteiger partial charge in [0.1, 0.15) is 30.5 Å². The minimum Gasteiger partial charge on any atom is -0.480 e. The highest BCUT2D eigenvalue weighted by Crippen LogP contribution is 2.23. The first-order valence-corrected chi connectivity index (χ1v) is 6.25. The molecule has 0 aromatic heterocycles. The minimum absolute atomic E-state index is 0.509. The number of carboxylic acids is 1. The summed E-state index contributed by atoms with van der Waals surface area (Å²) in [5.74, 6) is -2.26. The average Bonchev–Trinajstić information content (AvgIpc) is 2.45. The quantitative estimate of drug-likeness (QED) is 0.256. The third kappa shape index (κ3) is 4.33. The van der Waals surface area contributed by atoms with Crippen molar-refractivity contribution in [2.24, 2.45) is 0 Å². The molecule has 0 saturated carbocycles. The number of ether oxygens (including phenoxy) is 1. The van der Waals surface area contributed by atoms with Crippen LogP contribution in [-0.4, -0.2) is 92.3 Å². The van der Waals surface area contributed by atoms with E-state index in [9.17, 15) is 24.9 Å². The van der Waals surface area contributed by atoms with E-state index in [0.29, 0.717) is 0 Å². The molecule has 0 spiro atoms. The molecule has 6 atom stereocenters. The van der Waals surface area contributed by atoms with Crippen molar-refractivity contribution < 1.29 is 45.0 Å². The Labute approximate surface area is 119 Å². The van der Waals surface area contributed by atoms with Crippen LogP contribution in [0.2, 0.25) is 0 Å². The van der Waals surface area contributed by atoms with Crippen LogP contribution >= 0.6 is 0 Å². The van der Waals surface area contributed by atoms with Gasteiger partial charge in [-0.15, -0.1) is 0 Å². The lowest BCUT2D eigenvalue weighted by atomic mass is 9.93. The van der Waals surface area contributed by atoms with E-state index in [4.69, 9.17) is 20.1 Å². The molecule has 1 rings (SSSR count). The molecule has 1 saturated heterocycles. The zero-order valence-corrected chi connectivity index (χ0v) is 11.0. The summed E-state index contributed by atoms with van der Waals surface area (Å²) in [7, 11) is 0. The summed E-state index contributed by atoms with van der Waals surface area (Å²) in [6.07, 6.45) is -7.60. The monoisotopic (exact) mass is 309 g/mol. The normalized spacial score (nSPS) is 34.2. The molecule has 0 aliphatic carbocycles. The van der Waals surface area contributed by atoms with E-state index < -0.39 is 68.1 Å². The Kier molecular flexibility index (Phi) is 6.45. The summed E-state index contributed by atoms with van der Waals surface area (Å²) in [5, 5.41) is 57.3. The van der Waals surface area contributed by atoms with Crippen LogP contribution in [0.4, 0.5) is 0 Å². The van der Waals surface area contributed by atoms with Crippen molar-refractivity contribution >= 4 is 11.9 Å². The number of aliphatic carboxylic acids is 1. The van der Waals surface area contributed by atoms with Crippen LogP contribution in [-0.2, 0) is 14.3 Å². The number of hydrogen-bond donors (Lipinski definition) is 7. The van der Waals surface area contributed by atoms with Crippen LogP contribution in [0.3, 0.4) is 0 Å². The topological polar surface area (TPSA) is 177 Å². The van der Waals surface area contributed by atoms with Crippen molar-refractivity contribution in [3.8, 4) is 0 Å². The first-order valence-electron chi connectivity index (χ1n) is 6.25. The van der Waals surface area contributed by atoms with Gasteiger partial charge >= 0.3 is 5.97 Å². The second-order valence-electron chi connectivity index (χ2n) is 4.71. The van der Waals surface area contributed by atoms with Crippen LogP contribution in [0, 0.1) is 0 Å². The molecule has 1 aliphatic rings. The molecule has 21 heavy (non-hydrogen) atoms. The molecule has 1 amide bonds. The van der Waals surface area contributed by atoms with Crippen molar-refractivity contribution in [3.63, 3.8) is 0 Å². The molecule has 122 valence electrons. The Hall–Kier alpha value is -1.30. The van der Waals surface area contributed by atoms with E-state index in [1.165, 1.54) is 0 Å². The smallest absolute Gasteiger partial charge is 0.328 e. The van der Waals surface area contributed by atoms with E-state index in [1.807, 2.05) is 5.32 Å². The third-order valence-corrected chi connectivity index (χ3v) is 3.19. The number of carbonyl (C=O) groups is 2. The molecule has 0 bridgehead atoms. The Morgan fingerprint density at radius 2 is 1.62 bits per heavy atom. The van der Waals surface area contributed by atoms with Crippen molar-refractivity contribution in [2.45, 2.75) is 43.0 Å². The number of rotatable bonds is 6. The highest BCUT2D eigenvalue weighted by Gasteiger charge is 2.44. The van der Waals surface area contributed by atoms with E-state index in [2.05, 4.69) is 0 Å². The van der Waals surface area contributed by atoms with E-state index in [0.717, 1.165) is 0 Å². The van der Waals surface area contributed by atoms with Crippen molar-refractivity contribution in [1.29, 1.82) is 0 Å². The van der Waals surface area contributed by atoms with Gasteiger partial charge in [0.2, 0.25) is 5.91 Å². The van der Waals surface area contributed by atoms with Gasteiger partial charge in [0.05, 0.1) is 25.7 Å². The molecule has 1 fully saturated rings. The Morgan fingerprint density at radius 1 is 1.05 bits per heavy atom. The van der Waals surface area contributed by atoms with Gasteiger partial charge in [-0.05, 0) is 0 Å². The second kappa shape index (κ2) is 7.64. The zero-order valence-electron chi connectivity index (χ0n) is 11.0. The lowest BCUT2D eigenvalue weighted by molar-refractivity contribution is -0.229. The summed E-state index contributed by atoms with van der Waals surface area (Å²) in [6.45, 7) is -1.44. The van der Waals surface area contributed by atoms with Gasteiger partial charge in [-0.3, -0.25) is 4.79 Å². The van der Waals surface area contributed by atoms with Gasteiger partial charge in [0.15, 0.2) is 0 Å². The maximum absolute atomic E-state index is 11.6. The third-order valence-electron chi connectivity index (χ3n) is 3.19. The molecule has 1 aliphatic heterocycles. The highest BCUT2D eigenvalue weighted by molar-refractivity contribution is 5.83. The zero-order chi connectivity index (χ0) is 16.2. The lowest BCUT2D eigenvalue weighted by Crippen LogP contribution is -2.59. The predicted octanol–water partition coefficient (Wildman–Crippen LogP) is -4.22. The van der Waals surface area contributed by atoms with Gasteiger partial charge in [0.25, 0.3) is 0 Å². The van der Waals surface area contributed by atoms with Crippen molar-refractivity contribution in [1.82, 2.24) is 5.32 Å². The predicted molar refractivity (Wildman–Crippen MR) is 65.0 cm³/mol. The van der Waals surface area contributed by atoms with E-state index in [1.54, 1.807) is 0 Å². The fourth-order valence-corrected chi connectivity index (χ4v) is 1.97. The lowest BCUT2D eigenvalue weighted by Gasteiger charge is -2.39. The molecule has 1 heterocycles. The number of nitrogens with one attached hydrogen (secondary N) is 1. The minimum atomic E-state index is -1.61. The van der Waals surface area contributed by atoms with Gasteiger partial charge in [-0.2, -0.15) is 0 Å². The number of aliphatic hydroxyl groups excluding tert-OH is 5. The summed E-state index contributed by atoms with van der Waals surface area (Å²) in [5.41, 5.74) is 0. The van der Waals surface area contributed by atoms with Gasteiger partial charge in [-0.1, -0.05) is 0 Å². The molecule has 10 nitrogen and oxygen atoms in total. The van der Waals surface area contributed by atoms with Crippen molar-refractivity contribution in [2.75, 3.05) is 13.2 Å². The van der Waals surface area contributed by atoms with Crippen LogP contribution in [0.15, 0.2) is 0 Å². The number of carboxylic acid groups (broad SMARTS) is 1. The Bertz CT molecular complexity index is 375. The Morgan fingerprint density at radius 3 is 2.10 bits per heavy atom. The Balaban J connectivity index is 2.64. The summed E-state index contributed by atoms with van der Waals surface area (Å²) in [4.78, 5) is 22.3. The maximum atomic E-state index is 11.6. The van der Waals surface area contributed by atoms with Gasteiger partial charge in [0, 0.05) is 0 Å². The van der Waals surface area contributed by atoms with Crippen LogP contribution < -0.4 is 5.32 Å². The summed E-state index contributed by atoms with van der Waals surface area (Å²) >= 11 is 0. The summed E-state index contributed by atoms with van der Waals surface area (Å²) in [6, 6.07) is -1.50. The number of carbonyl (C=O) groups excluding carboxylic acids is 1. The summed E-state index contributed by atoms with van der Waals surface area (Å²) < 4.78 is 5.10. The molecule has 0 radical (unpaired) electrons. The van der Waals surface area contributed by atoms with E-state index >= 15 is 0 Å². The van der Waals surface area contributed by atoms with Gasteiger partial charge in [-0.25, -0.2) is 4.79 Å². The molecular formula is C11H19NO9. The number of aliphatic hydroxyl groups is 5. The first kappa shape index (κ1) is 17.8. The molecular weight excluding hydrogens is 290 g/mol. The standard InChI is InChI=1S/C11H19NO9/c13-2-4(11(19)20)12-7(15)1-5-8(16)10(18)9(17)6(3-14)21-5/h4-6,8-10,13-14,16-18H,1-3H2,(H,12,15)(H,19,20)/t4-,5+,6+,8-,9-,10+/m0/s1. The molecule has 10 heteroatoms. The molecule has 0 unspecified atom stereocenters. The molecule has 0 aromatic rings. The van der Waals surface area contributed by atoms with Crippen molar-refractivity contribution in [3.05, 3.63) is 0 Å². The van der Waals surface area contributed by atoms with Crippen LogP contribution in [0.1, 0.15) is 6.42 Å². The second-order valence-corrected chi connectivity index (χ2v) is 4.71. The maximum Gasteiger partial charge on any atom is 0.328 e.